The first-order chi connectivity index (χ1) is 16.1. The van der Waals surface area contributed by atoms with E-state index in [0.717, 1.165) is 60.7 Å². The van der Waals surface area contributed by atoms with Crippen LogP contribution < -0.4 is 11.1 Å². The van der Waals surface area contributed by atoms with Gasteiger partial charge < -0.3 is 20.9 Å². The van der Waals surface area contributed by atoms with Crippen LogP contribution >= 0.6 is 0 Å². The number of nitrogens with two attached hydrogens (primary N) is 1. The highest BCUT2D eigenvalue weighted by atomic mass is 16.1. The van der Waals surface area contributed by atoms with Gasteiger partial charge in [-0.3, -0.25) is 9.79 Å². The van der Waals surface area contributed by atoms with Crippen LogP contribution in [0.15, 0.2) is 41.7 Å². The second-order valence-electron chi connectivity index (χ2n) is 9.45. The first-order valence-electron chi connectivity index (χ1n) is 12.0. The van der Waals surface area contributed by atoms with Gasteiger partial charge in [0.15, 0.2) is 0 Å². The van der Waals surface area contributed by atoms with Crippen LogP contribution in [0.2, 0.25) is 0 Å². The number of allylic oxidation sites excluding steroid dienone is 1. The summed E-state index contributed by atoms with van der Waals surface area (Å²) in [6.45, 7) is 5.83. The lowest BCUT2D eigenvalue weighted by Crippen LogP contribution is -2.46. The molecule has 2 fully saturated rings. The fourth-order valence-electron chi connectivity index (χ4n) is 4.97. The third-order valence-electron chi connectivity index (χ3n) is 7.08. The van der Waals surface area contributed by atoms with Crippen molar-refractivity contribution < 1.29 is 4.79 Å². The lowest BCUT2D eigenvalue weighted by molar-refractivity contribution is -0.121. The second kappa shape index (κ2) is 10.9. The summed E-state index contributed by atoms with van der Waals surface area (Å²) < 4.78 is 0. The summed E-state index contributed by atoms with van der Waals surface area (Å²) >= 11 is 0. The molecule has 3 N–H and O–H groups in total. The Morgan fingerprint density at radius 2 is 1.91 bits per heavy atom. The fourth-order valence-corrected chi connectivity index (χ4v) is 4.97. The SMILES string of the molecule is CN=CC(=CN)c1ccc2cnc(NC(=O)C3CCC(CN4CCN(C)CC4)CC3)cc2c1. The Balaban J connectivity index is 1.34. The average molecular weight is 449 g/mol. The van der Waals surface area contributed by atoms with Crippen molar-refractivity contribution >= 4 is 34.3 Å². The highest BCUT2D eigenvalue weighted by molar-refractivity contribution is 6.10. The van der Waals surface area contributed by atoms with Crippen molar-refractivity contribution in [3.63, 3.8) is 0 Å². The van der Waals surface area contributed by atoms with Crippen LogP contribution in [0.4, 0.5) is 5.82 Å². The van der Waals surface area contributed by atoms with E-state index in [9.17, 15) is 4.79 Å². The number of hydrogen-bond donors (Lipinski definition) is 2. The number of aromatic nitrogens is 1. The molecule has 2 heterocycles. The molecule has 7 nitrogen and oxygen atoms in total. The molecular weight excluding hydrogens is 412 g/mol. The van der Waals surface area contributed by atoms with Crippen LogP contribution in [-0.2, 0) is 4.79 Å². The van der Waals surface area contributed by atoms with Gasteiger partial charge in [-0.1, -0.05) is 12.1 Å². The molecule has 0 spiro atoms. The normalized spacial score (nSPS) is 23.3. The minimum atomic E-state index is 0.0742. The summed E-state index contributed by atoms with van der Waals surface area (Å²) in [7, 11) is 3.92. The van der Waals surface area contributed by atoms with Gasteiger partial charge in [0.1, 0.15) is 5.82 Å². The molecule has 2 aliphatic rings. The highest BCUT2D eigenvalue weighted by Gasteiger charge is 2.28. The van der Waals surface area contributed by atoms with E-state index in [1.807, 2.05) is 18.2 Å². The lowest BCUT2D eigenvalue weighted by atomic mass is 9.81. The number of anilines is 1. The third-order valence-corrected chi connectivity index (χ3v) is 7.08. The molecule has 1 saturated carbocycles. The van der Waals surface area contributed by atoms with E-state index >= 15 is 0 Å². The molecule has 0 bridgehead atoms. The molecule has 1 amide bonds. The summed E-state index contributed by atoms with van der Waals surface area (Å²) in [6.07, 6.45) is 9.29. The molecule has 33 heavy (non-hydrogen) atoms. The predicted molar refractivity (Wildman–Crippen MR) is 136 cm³/mol. The maximum atomic E-state index is 12.9. The lowest BCUT2D eigenvalue weighted by Gasteiger charge is -2.36. The Kier molecular flexibility index (Phi) is 7.73. The molecule has 0 radical (unpaired) electrons. The van der Waals surface area contributed by atoms with E-state index in [1.54, 1.807) is 25.7 Å². The first-order valence-corrected chi connectivity index (χ1v) is 12.0. The molecule has 176 valence electrons. The van der Waals surface area contributed by atoms with Crippen molar-refractivity contribution in [3.05, 3.63) is 42.2 Å². The minimum Gasteiger partial charge on any atom is -0.404 e. The van der Waals surface area contributed by atoms with Crippen LogP contribution in [-0.4, -0.2) is 73.7 Å². The van der Waals surface area contributed by atoms with E-state index in [4.69, 9.17) is 5.73 Å². The van der Waals surface area contributed by atoms with Gasteiger partial charge in [-0.25, -0.2) is 4.98 Å². The Morgan fingerprint density at radius 3 is 2.61 bits per heavy atom. The van der Waals surface area contributed by atoms with Gasteiger partial charge in [0, 0.05) is 75.3 Å². The van der Waals surface area contributed by atoms with Crippen molar-refractivity contribution in [1.29, 1.82) is 0 Å². The third kappa shape index (κ3) is 5.97. The number of likely N-dealkylation sites (N-methyl/N-ethyl adjacent to an activating group) is 1. The van der Waals surface area contributed by atoms with Crippen molar-refractivity contribution in [1.82, 2.24) is 14.8 Å². The number of benzene rings is 1. The molecular formula is C26H36N6O. The van der Waals surface area contributed by atoms with Gasteiger partial charge in [0.25, 0.3) is 0 Å². The van der Waals surface area contributed by atoms with Gasteiger partial charge in [-0.2, -0.15) is 0 Å². The van der Waals surface area contributed by atoms with Gasteiger partial charge in [0.2, 0.25) is 5.91 Å². The number of carbonyl (C=O) groups excluding carboxylic acids is 1. The Hall–Kier alpha value is -2.77. The van der Waals surface area contributed by atoms with E-state index in [-0.39, 0.29) is 11.8 Å². The molecule has 0 unspecified atom stereocenters. The monoisotopic (exact) mass is 448 g/mol. The zero-order valence-electron chi connectivity index (χ0n) is 19.8. The van der Waals surface area contributed by atoms with Crippen LogP contribution in [0.5, 0.6) is 0 Å². The Morgan fingerprint density at radius 1 is 1.15 bits per heavy atom. The van der Waals surface area contributed by atoms with Gasteiger partial charge in [0.05, 0.1) is 0 Å². The molecule has 1 saturated heterocycles. The largest absolute Gasteiger partial charge is 0.404 e. The van der Waals surface area contributed by atoms with Crippen LogP contribution in [0.3, 0.4) is 0 Å². The maximum absolute atomic E-state index is 12.9. The maximum Gasteiger partial charge on any atom is 0.228 e. The predicted octanol–water partition coefficient (Wildman–Crippen LogP) is 3.23. The number of carbonyl (C=O) groups is 1. The Labute approximate surface area is 196 Å². The molecule has 1 aliphatic carbocycles. The molecule has 1 aliphatic heterocycles. The number of aliphatic imine (C=N–C) groups is 1. The zero-order chi connectivity index (χ0) is 23.2. The second-order valence-corrected chi connectivity index (χ2v) is 9.45. The zero-order valence-corrected chi connectivity index (χ0v) is 19.8. The number of hydrogen-bond acceptors (Lipinski definition) is 6. The smallest absolute Gasteiger partial charge is 0.228 e. The summed E-state index contributed by atoms with van der Waals surface area (Å²) in [5.41, 5.74) is 7.59. The van der Waals surface area contributed by atoms with Crippen molar-refractivity contribution in [2.75, 3.05) is 52.1 Å². The summed E-state index contributed by atoms with van der Waals surface area (Å²) in [6, 6.07) is 8.00. The number of piperazine rings is 1. The topological polar surface area (TPSA) is 86.8 Å². The summed E-state index contributed by atoms with van der Waals surface area (Å²) in [5, 5.41) is 5.09. The standard InChI is InChI=1S/C26H36N6O/c1-28-16-24(15-27)21-7-8-22-17-29-25(14-23(22)13-21)30-26(33)20-5-3-19(4-6-20)18-32-11-9-31(2)10-12-32/h7-8,13-17,19-20H,3-6,9-12,18,27H2,1-2H3,(H,29,30,33). The van der Waals surface area contributed by atoms with Crippen molar-refractivity contribution in [2.24, 2.45) is 22.6 Å². The number of fused-ring (bicyclic) bond motifs is 1. The minimum absolute atomic E-state index is 0.0742. The van der Waals surface area contributed by atoms with Gasteiger partial charge >= 0.3 is 0 Å². The van der Waals surface area contributed by atoms with E-state index in [2.05, 4.69) is 38.2 Å². The quantitative estimate of drug-likeness (QED) is 0.663. The van der Waals surface area contributed by atoms with Gasteiger partial charge in [-0.15, -0.1) is 0 Å². The van der Waals surface area contributed by atoms with E-state index in [0.29, 0.717) is 11.7 Å². The average Bonchev–Trinajstić information content (AvgIpc) is 2.84. The molecule has 1 aromatic carbocycles. The van der Waals surface area contributed by atoms with E-state index < -0.39 is 0 Å². The van der Waals surface area contributed by atoms with E-state index in [1.165, 1.54) is 19.6 Å². The van der Waals surface area contributed by atoms with Crippen molar-refractivity contribution in [2.45, 2.75) is 25.7 Å². The number of nitrogens with one attached hydrogen (secondary N) is 1. The highest BCUT2D eigenvalue weighted by Crippen LogP contribution is 2.31. The fraction of sp³-hybridized carbons (Fsp3) is 0.500. The van der Waals surface area contributed by atoms with Crippen molar-refractivity contribution in [3.8, 4) is 0 Å². The number of pyridine rings is 1. The number of nitrogens with zero attached hydrogens (tertiary/aromatic N) is 4. The number of rotatable bonds is 6. The van der Waals surface area contributed by atoms with Crippen LogP contribution in [0.25, 0.3) is 16.3 Å². The molecule has 4 rings (SSSR count). The first kappa shape index (κ1) is 23.4. The molecule has 0 atom stereocenters. The summed E-state index contributed by atoms with van der Waals surface area (Å²) in [4.78, 5) is 26.5. The molecule has 1 aromatic heterocycles. The summed E-state index contributed by atoms with van der Waals surface area (Å²) in [5.74, 6) is 1.49. The van der Waals surface area contributed by atoms with Gasteiger partial charge in [-0.05, 0) is 61.7 Å². The molecule has 7 heteroatoms. The Bertz CT molecular complexity index is 1020. The molecule has 2 aromatic rings. The van der Waals surface area contributed by atoms with Crippen LogP contribution in [0, 0.1) is 11.8 Å². The number of amides is 1. The van der Waals surface area contributed by atoms with Crippen LogP contribution in [0.1, 0.15) is 31.2 Å².